The maximum absolute atomic E-state index is 12.3. The molecular weight excluding hydrogens is 246 g/mol. The maximum atomic E-state index is 12.3. The second-order valence-corrected chi connectivity index (χ2v) is 5.78. The number of aliphatic carboxylic acids is 1. The Morgan fingerprint density at radius 3 is 2.37 bits per heavy atom. The average molecular weight is 269 g/mol. The van der Waals surface area contributed by atoms with E-state index in [1.807, 2.05) is 13.8 Å². The first-order valence-corrected chi connectivity index (χ1v) is 7.16. The van der Waals surface area contributed by atoms with Crippen molar-refractivity contribution < 1.29 is 19.4 Å². The quantitative estimate of drug-likeness (QED) is 0.846. The van der Waals surface area contributed by atoms with Crippen LogP contribution in [0, 0.1) is 5.41 Å². The van der Waals surface area contributed by atoms with E-state index in [0.29, 0.717) is 32.4 Å². The van der Waals surface area contributed by atoms with Gasteiger partial charge in [-0.1, -0.05) is 6.92 Å². The van der Waals surface area contributed by atoms with Gasteiger partial charge in [-0.3, -0.25) is 9.59 Å². The number of carboxylic acids is 1. The zero-order valence-electron chi connectivity index (χ0n) is 11.7. The van der Waals surface area contributed by atoms with Gasteiger partial charge in [0.15, 0.2) is 0 Å². The van der Waals surface area contributed by atoms with Crippen molar-refractivity contribution in [1.29, 1.82) is 0 Å². The zero-order chi connectivity index (χ0) is 14.0. The van der Waals surface area contributed by atoms with Gasteiger partial charge in [0.25, 0.3) is 5.91 Å². The van der Waals surface area contributed by atoms with Crippen LogP contribution in [0.3, 0.4) is 0 Å². The molecule has 1 N–H and O–H groups in total. The smallest absolute Gasteiger partial charge is 0.309 e. The number of hydrogen-bond donors (Lipinski definition) is 1. The molecule has 2 heterocycles. The van der Waals surface area contributed by atoms with Gasteiger partial charge < -0.3 is 14.7 Å². The van der Waals surface area contributed by atoms with Gasteiger partial charge >= 0.3 is 5.97 Å². The molecule has 0 aromatic rings. The van der Waals surface area contributed by atoms with Gasteiger partial charge in [-0.15, -0.1) is 0 Å². The molecule has 2 aliphatic heterocycles. The highest BCUT2D eigenvalue weighted by Crippen LogP contribution is 2.35. The van der Waals surface area contributed by atoms with Gasteiger partial charge in [0.05, 0.1) is 11.5 Å². The number of likely N-dealkylation sites (tertiary alicyclic amines) is 1. The fourth-order valence-electron chi connectivity index (χ4n) is 3.06. The Balaban J connectivity index is 1.92. The van der Waals surface area contributed by atoms with Crippen molar-refractivity contribution in [3.05, 3.63) is 0 Å². The minimum absolute atomic E-state index is 0.0411. The molecule has 0 saturated carbocycles. The predicted molar refractivity (Wildman–Crippen MR) is 69.7 cm³/mol. The third kappa shape index (κ3) is 2.76. The van der Waals surface area contributed by atoms with Gasteiger partial charge in [0.2, 0.25) is 0 Å². The van der Waals surface area contributed by atoms with Crippen molar-refractivity contribution in [3.63, 3.8) is 0 Å². The number of hydrogen-bond acceptors (Lipinski definition) is 3. The Hall–Kier alpha value is -1.10. The molecule has 2 fully saturated rings. The zero-order valence-corrected chi connectivity index (χ0v) is 11.7. The van der Waals surface area contributed by atoms with Crippen molar-refractivity contribution in [2.24, 2.45) is 5.41 Å². The molecule has 0 aromatic carbocycles. The molecule has 5 nitrogen and oxygen atoms in total. The van der Waals surface area contributed by atoms with Crippen molar-refractivity contribution in [1.82, 2.24) is 4.90 Å². The summed E-state index contributed by atoms with van der Waals surface area (Å²) in [6.07, 6.45) is 3.29. The molecule has 19 heavy (non-hydrogen) atoms. The fourth-order valence-corrected chi connectivity index (χ4v) is 3.06. The fraction of sp³-hybridized carbons (Fsp3) is 0.857. The van der Waals surface area contributed by atoms with E-state index >= 15 is 0 Å². The van der Waals surface area contributed by atoms with Crippen LogP contribution in [-0.2, 0) is 14.3 Å². The number of rotatable bonds is 3. The highest BCUT2D eigenvalue weighted by Gasteiger charge is 2.42. The molecule has 0 bridgehead atoms. The number of carbonyl (C=O) groups excluding carboxylic acids is 1. The molecular formula is C14H23NO4. The number of ether oxygens (including phenoxy) is 1. The van der Waals surface area contributed by atoms with Crippen LogP contribution in [-0.4, -0.2) is 47.2 Å². The van der Waals surface area contributed by atoms with Gasteiger partial charge in [0.1, 0.15) is 6.10 Å². The first kappa shape index (κ1) is 14.3. The van der Waals surface area contributed by atoms with Crippen LogP contribution in [0.15, 0.2) is 0 Å². The van der Waals surface area contributed by atoms with E-state index in [2.05, 4.69) is 0 Å². The van der Waals surface area contributed by atoms with Gasteiger partial charge in [-0.05, 0) is 39.0 Å². The standard InChI is InChI=1S/C14H23NO4/c1-3-14(13(17)18)6-8-15(9-7-14)12(16)11-5-4-10(2)19-11/h10-11H,3-9H2,1-2H3,(H,17,18). The van der Waals surface area contributed by atoms with Crippen LogP contribution in [0.1, 0.15) is 46.0 Å². The summed E-state index contributed by atoms with van der Waals surface area (Å²) in [6, 6.07) is 0. The molecule has 2 atom stereocenters. The molecule has 2 unspecified atom stereocenters. The lowest BCUT2D eigenvalue weighted by molar-refractivity contribution is -0.157. The van der Waals surface area contributed by atoms with Crippen LogP contribution in [0.2, 0.25) is 0 Å². The van der Waals surface area contributed by atoms with Crippen LogP contribution in [0.5, 0.6) is 0 Å². The number of piperidine rings is 1. The second kappa shape index (κ2) is 5.49. The number of carboxylic acid groups (broad SMARTS) is 1. The molecule has 108 valence electrons. The van der Waals surface area contributed by atoms with Crippen LogP contribution in [0.25, 0.3) is 0 Å². The normalized spacial score (nSPS) is 30.3. The van der Waals surface area contributed by atoms with Crippen LogP contribution >= 0.6 is 0 Å². The summed E-state index contributed by atoms with van der Waals surface area (Å²) in [5.74, 6) is -0.688. The van der Waals surface area contributed by atoms with Crippen LogP contribution in [0.4, 0.5) is 0 Å². The van der Waals surface area contributed by atoms with Crippen molar-refractivity contribution in [2.75, 3.05) is 13.1 Å². The van der Waals surface area contributed by atoms with Gasteiger partial charge in [0, 0.05) is 13.1 Å². The minimum Gasteiger partial charge on any atom is -0.481 e. The van der Waals surface area contributed by atoms with E-state index < -0.39 is 11.4 Å². The molecule has 1 amide bonds. The van der Waals surface area contributed by atoms with Gasteiger partial charge in [-0.2, -0.15) is 0 Å². The van der Waals surface area contributed by atoms with E-state index in [1.165, 1.54) is 0 Å². The number of amides is 1. The molecule has 2 saturated heterocycles. The van der Waals surface area contributed by atoms with E-state index in [9.17, 15) is 14.7 Å². The van der Waals surface area contributed by atoms with E-state index in [0.717, 1.165) is 12.8 Å². The van der Waals surface area contributed by atoms with Gasteiger partial charge in [-0.25, -0.2) is 0 Å². The van der Waals surface area contributed by atoms with E-state index in [-0.39, 0.29) is 18.1 Å². The summed E-state index contributed by atoms with van der Waals surface area (Å²) in [6.45, 7) is 4.96. The summed E-state index contributed by atoms with van der Waals surface area (Å²) in [5.41, 5.74) is -0.638. The molecule has 0 spiro atoms. The Labute approximate surface area is 113 Å². The number of carbonyl (C=O) groups is 2. The third-order valence-electron chi connectivity index (χ3n) is 4.67. The predicted octanol–water partition coefficient (Wildman–Crippen LogP) is 1.66. The SMILES string of the molecule is CCC1(C(=O)O)CCN(C(=O)C2CCC(C)O2)CC1. The lowest BCUT2D eigenvalue weighted by Crippen LogP contribution is -2.49. The average Bonchev–Trinajstić information content (AvgIpc) is 2.84. The minimum atomic E-state index is -0.729. The number of nitrogens with zero attached hydrogens (tertiary/aromatic N) is 1. The molecule has 2 rings (SSSR count). The van der Waals surface area contributed by atoms with E-state index in [4.69, 9.17) is 4.74 Å². The topological polar surface area (TPSA) is 66.8 Å². The highest BCUT2D eigenvalue weighted by molar-refractivity contribution is 5.82. The maximum Gasteiger partial charge on any atom is 0.309 e. The summed E-state index contributed by atoms with van der Waals surface area (Å²) >= 11 is 0. The monoisotopic (exact) mass is 269 g/mol. The van der Waals surface area contributed by atoms with Crippen molar-refractivity contribution in [3.8, 4) is 0 Å². The molecule has 0 aliphatic carbocycles. The molecule has 0 radical (unpaired) electrons. The van der Waals surface area contributed by atoms with Crippen LogP contribution < -0.4 is 0 Å². The lowest BCUT2D eigenvalue weighted by Gasteiger charge is -2.39. The Kier molecular flexibility index (Phi) is 4.13. The molecule has 0 aromatic heterocycles. The highest BCUT2D eigenvalue weighted by atomic mass is 16.5. The molecule has 5 heteroatoms. The van der Waals surface area contributed by atoms with Crippen molar-refractivity contribution in [2.45, 2.75) is 58.2 Å². The summed E-state index contributed by atoms with van der Waals surface area (Å²) in [5, 5.41) is 9.33. The third-order valence-corrected chi connectivity index (χ3v) is 4.67. The van der Waals surface area contributed by atoms with E-state index in [1.54, 1.807) is 4.90 Å². The first-order valence-electron chi connectivity index (χ1n) is 7.16. The molecule has 2 aliphatic rings. The largest absolute Gasteiger partial charge is 0.481 e. The Morgan fingerprint density at radius 1 is 1.32 bits per heavy atom. The van der Waals surface area contributed by atoms with Crippen molar-refractivity contribution >= 4 is 11.9 Å². The summed E-state index contributed by atoms with van der Waals surface area (Å²) < 4.78 is 5.59. The lowest BCUT2D eigenvalue weighted by atomic mass is 9.76. The Morgan fingerprint density at radius 2 is 1.95 bits per heavy atom. The Bertz CT molecular complexity index is 360. The second-order valence-electron chi connectivity index (χ2n) is 5.78. The first-order chi connectivity index (χ1) is 8.98. The summed E-state index contributed by atoms with van der Waals surface area (Å²) in [4.78, 5) is 25.4. The summed E-state index contributed by atoms with van der Waals surface area (Å²) in [7, 11) is 0.